The van der Waals surface area contributed by atoms with Crippen molar-refractivity contribution in [1.82, 2.24) is 0 Å². The van der Waals surface area contributed by atoms with Gasteiger partial charge in [0, 0.05) is 22.3 Å². The van der Waals surface area contributed by atoms with E-state index in [1.165, 1.54) is 32.7 Å². The van der Waals surface area contributed by atoms with Gasteiger partial charge in [-0.05, 0) is 46.0 Å². The lowest BCUT2D eigenvalue weighted by atomic mass is 10.0. The Bertz CT molecular complexity index is 1240. The monoisotopic (exact) mass is 345 g/mol. The number of anilines is 2. The molecule has 0 radical (unpaired) electrons. The smallest absolute Gasteiger partial charge is 0.0464 e. The molecule has 0 aliphatic carbocycles. The van der Waals surface area contributed by atoms with Crippen LogP contribution < -0.4 is 5.32 Å². The topological polar surface area (TPSA) is 12.0 Å². The number of hydrogen-bond donors (Lipinski definition) is 1. The molecule has 5 aromatic rings. The van der Waals surface area contributed by atoms with E-state index < -0.39 is 0 Å². The SMILES string of the molecule is c1ccc(-c2ccccc2Nc2cccc3cc4ccccc4cc23)cc1. The number of rotatable bonds is 3. The largest absolute Gasteiger partial charge is 0.355 e. The van der Waals surface area contributed by atoms with Crippen LogP contribution in [0.3, 0.4) is 0 Å². The van der Waals surface area contributed by atoms with Crippen molar-refractivity contribution >= 4 is 32.9 Å². The molecule has 5 rings (SSSR count). The van der Waals surface area contributed by atoms with Gasteiger partial charge < -0.3 is 5.32 Å². The molecular formula is C26H19N. The van der Waals surface area contributed by atoms with Crippen LogP contribution in [0, 0.1) is 0 Å². The van der Waals surface area contributed by atoms with E-state index in [9.17, 15) is 0 Å². The Hall–Kier alpha value is -3.58. The van der Waals surface area contributed by atoms with Crippen LogP contribution in [0.2, 0.25) is 0 Å². The van der Waals surface area contributed by atoms with E-state index in [2.05, 4.69) is 115 Å². The predicted molar refractivity (Wildman–Crippen MR) is 117 cm³/mol. The van der Waals surface area contributed by atoms with Gasteiger partial charge in [-0.1, -0.05) is 84.9 Å². The minimum atomic E-state index is 1.12. The first kappa shape index (κ1) is 15.7. The highest BCUT2D eigenvalue weighted by molar-refractivity contribution is 6.04. The van der Waals surface area contributed by atoms with Gasteiger partial charge in [0.15, 0.2) is 0 Å². The third-order valence-electron chi connectivity index (χ3n) is 5.03. The minimum Gasteiger partial charge on any atom is -0.355 e. The molecule has 0 fully saturated rings. The summed E-state index contributed by atoms with van der Waals surface area (Å²) >= 11 is 0. The summed E-state index contributed by atoms with van der Waals surface area (Å²) in [4.78, 5) is 0. The van der Waals surface area contributed by atoms with E-state index in [1.54, 1.807) is 0 Å². The van der Waals surface area contributed by atoms with Crippen molar-refractivity contribution in [3.05, 3.63) is 109 Å². The number of para-hydroxylation sites is 1. The molecule has 0 saturated carbocycles. The molecule has 1 nitrogen and oxygen atoms in total. The molecule has 0 bridgehead atoms. The number of hydrogen-bond acceptors (Lipinski definition) is 1. The van der Waals surface area contributed by atoms with Crippen molar-refractivity contribution in [2.45, 2.75) is 0 Å². The zero-order valence-electron chi connectivity index (χ0n) is 14.9. The third-order valence-corrected chi connectivity index (χ3v) is 5.03. The zero-order valence-corrected chi connectivity index (χ0v) is 14.9. The number of nitrogens with one attached hydrogen (secondary N) is 1. The van der Waals surface area contributed by atoms with Crippen LogP contribution in [-0.2, 0) is 0 Å². The van der Waals surface area contributed by atoms with Crippen molar-refractivity contribution in [2.75, 3.05) is 5.32 Å². The molecule has 0 spiro atoms. The van der Waals surface area contributed by atoms with Gasteiger partial charge in [0.2, 0.25) is 0 Å². The van der Waals surface area contributed by atoms with Gasteiger partial charge >= 0.3 is 0 Å². The molecule has 27 heavy (non-hydrogen) atoms. The van der Waals surface area contributed by atoms with Gasteiger partial charge in [0.1, 0.15) is 0 Å². The van der Waals surface area contributed by atoms with E-state index in [0.29, 0.717) is 0 Å². The Morgan fingerprint density at radius 2 is 1.07 bits per heavy atom. The van der Waals surface area contributed by atoms with Crippen LogP contribution >= 0.6 is 0 Å². The molecule has 0 aliphatic rings. The Balaban J connectivity index is 1.65. The van der Waals surface area contributed by atoms with Crippen molar-refractivity contribution in [3.63, 3.8) is 0 Å². The Labute approximate surface area is 158 Å². The highest BCUT2D eigenvalue weighted by Gasteiger charge is 2.07. The van der Waals surface area contributed by atoms with Gasteiger partial charge in [-0.25, -0.2) is 0 Å². The van der Waals surface area contributed by atoms with Gasteiger partial charge in [0.05, 0.1) is 0 Å². The maximum atomic E-state index is 3.68. The van der Waals surface area contributed by atoms with Gasteiger partial charge in [-0.2, -0.15) is 0 Å². The fourth-order valence-electron chi connectivity index (χ4n) is 3.68. The summed E-state index contributed by atoms with van der Waals surface area (Å²) < 4.78 is 0. The average molecular weight is 345 g/mol. The van der Waals surface area contributed by atoms with Crippen LogP contribution in [0.15, 0.2) is 109 Å². The summed E-state index contributed by atoms with van der Waals surface area (Å²) in [6, 6.07) is 38.5. The summed E-state index contributed by atoms with van der Waals surface area (Å²) in [6.07, 6.45) is 0. The van der Waals surface area contributed by atoms with Crippen molar-refractivity contribution in [3.8, 4) is 11.1 Å². The lowest BCUT2D eigenvalue weighted by Gasteiger charge is -2.15. The molecular weight excluding hydrogens is 326 g/mol. The first-order chi connectivity index (χ1) is 13.4. The molecule has 1 N–H and O–H groups in total. The Morgan fingerprint density at radius 3 is 1.93 bits per heavy atom. The maximum absolute atomic E-state index is 3.68. The predicted octanol–water partition coefficient (Wildman–Crippen LogP) is 7.40. The van der Waals surface area contributed by atoms with Crippen molar-refractivity contribution in [2.24, 2.45) is 0 Å². The fraction of sp³-hybridized carbons (Fsp3) is 0. The van der Waals surface area contributed by atoms with Crippen LogP contribution in [0.25, 0.3) is 32.7 Å². The number of benzene rings is 5. The van der Waals surface area contributed by atoms with Gasteiger partial charge in [0.25, 0.3) is 0 Å². The van der Waals surface area contributed by atoms with E-state index in [1.807, 2.05) is 0 Å². The van der Waals surface area contributed by atoms with Crippen LogP contribution in [0.5, 0.6) is 0 Å². The standard InChI is InChI=1S/C26H19N/c1-2-9-19(10-3-1)23-14-6-7-15-25(23)27-26-16-8-13-22-17-20-11-4-5-12-21(20)18-24(22)26/h1-18,27H. The summed E-state index contributed by atoms with van der Waals surface area (Å²) in [5.41, 5.74) is 4.66. The first-order valence-electron chi connectivity index (χ1n) is 9.21. The van der Waals surface area contributed by atoms with Crippen molar-refractivity contribution in [1.29, 1.82) is 0 Å². The fourth-order valence-corrected chi connectivity index (χ4v) is 3.68. The molecule has 0 unspecified atom stereocenters. The summed E-state index contributed by atoms with van der Waals surface area (Å²) in [7, 11) is 0. The molecule has 0 aromatic heterocycles. The normalized spacial score (nSPS) is 11.0. The Kier molecular flexibility index (Phi) is 3.84. The second-order valence-electron chi connectivity index (χ2n) is 6.76. The second kappa shape index (κ2) is 6.62. The highest BCUT2D eigenvalue weighted by atomic mass is 14.9. The van der Waals surface area contributed by atoms with Crippen LogP contribution in [0.1, 0.15) is 0 Å². The lowest BCUT2D eigenvalue weighted by Crippen LogP contribution is -1.94. The molecule has 0 aliphatic heterocycles. The first-order valence-corrected chi connectivity index (χ1v) is 9.21. The van der Waals surface area contributed by atoms with E-state index >= 15 is 0 Å². The maximum Gasteiger partial charge on any atom is 0.0464 e. The van der Waals surface area contributed by atoms with Crippen LogP contribution in [0.4, 0.5) is 11.4 Å². The highest BCUT2D eigenvalue weighted by Crippen LogP contribution is 2.34. The van der Waals surface area contributed by atoms with Gasteiger partial charge in [-0.15, -0.1) is 0 Å². The average Bonchev–Trinajstić information content (AvgIpc) is 2.74. The van der Waals surface area contributed by atoms with E-state index in [4.69, 9.17) is 0 Å². The summed E-state index contributed by atoms with van der Waals surface area (Å²) in [6.45, 7) is 0. The third kappa shape index (κ3) is 2.94. The Morgan fingerprint density at radius 1 is 0.444 bits per heavy atom. The quantitative estimate of drug-likeness (QED) is 0.336. The molecule has 5 aromatic carbocycles. The molecule has 0 amide bonds. The molecule has 0 heterocycles. The molecule has 1 heteroatoms. The van der Waals surface area contributed by atoms with E-state index in [-0.39, 0.29) is 0 Å². The van der Waals surface area contributed by atoms with E-state index in [0.717, 1.165) is 11.4 Å². The lowest BCUT2D eigenvalue weighted by molar-refractivity contribution is 1.55. The second-order valence-corrected chi connectivity index (χ2v) is 6.76. The van der Waals surface area contributed by atoms with Crippen molar-refractivity contribution < 1.29 is 0 Å². The zero-order chi connectivity index (χ0) is 18.1. The molecule has 0 atom stereocenters. The van der Waals surface area contributed by atoms with Crippen LogP contribution in [-0.4, -0.2) is 0 Å². The summed E-state index contributed by atoms with van der Waals surface area (Å²) in [5.74, 6) is 0. The molecule has 128 valence electrons. The summed E-state index contributed by atoms with van der Waals surface area (Å²) in [5, 5.41) is 8.69. The molecule has 0 saturated heterocycles. The van der Waals surface area contributed by atoms with Gasteiger partial charge in [-0.3, -0.25) is 0 Å². The number of fused-ring (bicyclic) bond motifs is 2. The minimum absolute atomic E-state index is 1.12.